The largest absolute Gasteiger partial charge is 0.490 e. The van der Waals surface area contributed by atoms with E-state index >= 15 is 0 Å². The third-order valence-electron chi connectivity index (χ3n) is 3.06. The Hall–Kier alpha value is -3.28. The van der Waals surface area contributed by atoms with Crippen LogP contribution in [0.5, 0.6) is 11.5 Å². The summed E-state index contributed by atoms with van der Waals surface area (Å²) in [6.07, 6.45) is 3.55. The van der Waals surface area contributed by atoms with Crippen molar-refractivity contribution in [2.75, 3.05) is 13.2 Å². The lowest BCUT2D eigenvalue weighted by atomic mass is 10.2. The summed E-state index contributed by atoms with van der Waals surface area (Å²) in [5.74, 6) is -0.797. The van der Waals surface area contributed by atoms with Crippen LogP contribution in [0.15, 0.2) is 60.7 Å². The van der Waals surface area contributed by atoms with E-state index in [1.807, 2.05) is 0 Å². The van der Waals surface area contributed by atoms with Crippen LogP contribution >= 0.6 is 0 Å². The molecule has 124 valence electrons. The molecule has 6 heteroatoms. The highest BCUT2D eigenvalue weighted by molar-refractivity contribution is 5.88. The van der Waals surface area contributed by atoms with Crippen molar-refractivity contribution >= 4 is 11.9 Å². The first kappa shape index (κ1) is 17.1. The summed E-state index contributed by atoms with van der Waals surface area (Å²) >= 11 is 0. The molecule has 2 rings (SSSR count). The maximum atomic E-state index is 10.7. The van der Waals surface area contributed by atoms with Crippen molar-refractivity contribution in [3.05, 3.63) is 71.8 Å². The molecule has 0 radical (unpaired) electrons. The molecule has 0 amide bonds. The Balaban J connectivity index is 1.71. The van der Waals surface area contributed by atoms with Gasteiger partial charge in [-0.25, -0.2) is 9.59 Å². The van der Waals surface area contributed by atoms with Gasteiger partial charge < -0.3 is 19.7 Å². The molecule has 0 aliphatic carbocycles. The molecule has 0 saturated carbocycles. The van der Waals surface area contributed by atoms with E-state index in [1.165, 1.54) is 24.3 Å². The zero-order valence-electron chi connectivity index (χ0n) is 12.7. The van der Waals surface area contributed by atoms with Crippen molar-refractivity contribution in [1.82, 2.24) is 0 Å². The van der Waals surface area contributed by atoms with Gasteiger partial charge in [-0.2, -0.15) is 0 Å². The van der Waals surface area contributed by atoms with Crippen LogP contribution in [-0.2, 0) is 0 Å². The highest BCUT2D eigenvalue weighted by Crippen LogP contribution is 2.13. The maximum Gasteiger partial charge on any atom is 0.335 e. The number of carbonyl (C=O) groups is 2. The predicted molar refractivity (Wildman–Crippen MR) is 86.9 cm³/mol. The van der Waals surface area contributed by atoms with Gasteiger partial charge in [-0.15, -0.1) is 0 Å². The lowest BCUT2D eigenvalue weighted by Gasteiger charge is -2.04. The fraction of sp³-hybridized carbons (Fsp3) is 0.111. The Bertz CT molecular complexity index is 653. The molecule has 0 atom stereocenters. The molecule has 0 spiro atoms. The van der Waals surface area contributed by atoms with Gasteiger partial charge in [0.05, 0.1) is 11.1 Å². The average molecular weight is 328 g/mol. The van der Waals surface area contributed by atoms with Crippen molar-refractivity contribution in [2.45, 2.75) is 0 Å². The lowest BCUT2D eigenvalue weighted by Crippen LogP contribution is -1.99. The van der Waals surface area contributed by atoms with Crippen LogP contribution in [0.4, 0.5) is 0 Å². The highest BCUT2D eigenvalue weighted by atomic mass is 16.5. The van der Waals surface area contributed by atoms with Gasteiger partial charge in [-0.1, -0.05) is 0 Å². The van der Waals surface area contributed by atoms with E-state index < -0.39 is 11.9 Å². The van der Waals surface area contributed by atoms with E-state index in [9.17, 15) is 9.59 Å². The first-order valence-corrected chi connectivity index (χ1v) is 7.13. The van der Waals surface area contributed by atoms with E-state index in [2.05, 4.69) is 0 Å². The minimum Gasteiger partial charge on any atom is -0.490 e. The van der Waals surface area contributed by atoms with Gasteiger partial charge in [0, 0.05) is 0 Å². The Labute approximate surface area is 138 Å². The molecule has 2 aromatic rings. The number of ether oxygens (including phenoxy) is 2. The van der Waals surface area contributed by atoms with Crippen LogP contribution in [0.25, 0.3) is 0 Å². The Morgan fingerprint density at radius 1 is 0.708 bits per heavy atom. The number of hydrogen-bond donors (Lipinski definition) is 2. The molecule has 2 N–H and O–H groups in total. The summed E-state index contributed by atoms with van der Waals surface area (Å²) in [4.78, 5) is 21.4. The van der Waals surface area contributed by atoms with E-state index in [4.69, 9.17) is 19.7 Å². The van der Waals surface area contributed by atoms with E-state index in [0.717, 1.165) is 0 Å². The summed E-state index contributed by atoms with van der Waals surface area (Å²) in [5.41, 5.74) is 0.417. The van der Waals surface area contributed by atoms with Crippen molar-refractivity contribution in [1.29, 1.82) is 0 Å². The quantitative estimate of drug-likeness (QED) is 0.723. The number of carboxylic acid groups (broad SMARTS) is 2. The van der Waals surface area contributed by atoms with Gasteiger partial charge in [0.1, 0.15) is 24.7 Å². The van der Waals surface area contributed by atoms with E-state index in [-0.39, 0.29) is 11.1 Å². The zero-order valence-corrected chi connectivity index (χ0v) is 12.7. The fourth-order valence-corrected chi connectivity index (χ4v) is 1.81. The monoisotopic (exact) mass is 328 g/mol. The number of benzene rings is 2. The molecule has 0 aliphatic heterocycles. The molecule has 0 bridgehead atoms. The molecule has 0 aliphatic rings. The molecule has 0 heterocycles. The minimum absolute atomic E-state index is 0.209. The molecule has 0 unspecified atom stereocenters. The van der Waals surface area contributed by atoms with Crippen LogP contribution < -0.4 is 9.47 Å². The van der Waals surface area contributed by atoms with Crippen molar-refractivity contribution in [3.8, 4) is 11.5 Å². The van der Waals surface area contributed by atoms with Crippen LogP contribution in [0.2, 0.25) is 0 Å². The normalized spacial score (nSPS) is 10.5. The van der Waals surface area contributed by atoms with E-state index in [1.54, 1.807) is 36.4 Å². The second-order valence-electron chi connectivity index (χ2n) is 4.75. The first-order valence-electron chi connectivity index (χ1n) is 7.13. The Morgan fingerprint density at radius 3 is 1.33 bits per heavy atom. The van der Waals surface area contributed by atoms with Gasteiger partial charge >= 0.3 is 11.9 Å². The van der Waals surface area contributed by atoms with Gasteiger partial charge in [0.15, 0.2) is 0 Å². The summed E-state index contributed by atoms with van der Waals surface area (Å²) < 4.78 is 10.9. The van der Waals surface area contributed by atoms with Crippen molar-refractivity contribution < 1.29 is 29.3 Å². The molecule has 0 fully saturated rings. The predicted octanol–water partition coefficient (Wildman–Crippen LogP) is 3.10. The second-order valence-corrected chi connectivity index (χ2v) is 4.75. The Morgan fingerprint density at radius 2 is 1.04 bits per heavy atom. The summed E-state index contributed by atoms with van der Waals surface area (Å²) in [6, 6.07) is 12.3. The SMILES string of the molecule is O=C(O)c1ccc(OCC=CCOc2ccc(C(=O)O)cc2)cc1. The molecule has 0 saturated heterocycles. The first-order chi connectivity index (χ1) is 11.6. The van der Waals surface area contributed by atoms with Gasteiger partial charge in [-0.05, 0) is 60.7 Å². The summed E-state index contributed by atoms with van der Waals surface area (Å²) in [6.45, 7) is 0.654. The number of rotatable bonds is 8. The standard InChI is InChI=1S/C18H16O6/c19-17(20)13-3-7-15(8-4-13)23-11-1-2-12-24-16-9-5-14(6-10-16)18(21)22/h1-10H,11-12H2,(H,19,20)(H,21,22). The van der Waals surface area contributed by atoms with Gasteiger partial charge in [0.2, 0.25) is 0 Å². The van der Waals surface area contributed by atoms with Crippen LogP contribution in [0.1, 0.15) is 20.7 Å². The highest BCUT2D eigenvalue weighted by Gasteiger charge is 2.02. The lowest BCUT2D eigenvalue weighted by molar-refractivity contribution is 0.0686. The maximum absolute atomic E-state index is 10.7. The van der Waals surface area contributed by atoms with Crippen LogP contribution in [-0.4, -0.2) is 35.4 Å². The Kier molecular flexibility index (Phi) is 5.96. The van der Waals surface area contributed by atoms with Crippen molar-refractivity contribution in [3.63, 3.8) is 0 Å². The molecule has 24 heavy (non-hydrogen) atoms. The number of carboxylic acids is 2. The molecular weight excluding hydrogens is 312 g/mol. The topological polar surface area (TPSA) is 93.1 Å². The summed E-state index contributed by atoms with van der Waals surface area (Å²) in [7, 11) is 0. The van der Waals surface area contributed by atoms with Crippen molar-refractivity contribution in [2.24, 2.45) is 0 Å². The third-order valence-corrected chi connectivity index (χ3v) is 3.06. The van der Waals surface area contributed by atoms with Gasteiger partial charge in [0.25, 0.3) is 0 Å². The average Bonchev–Trinajstić information content (AvgIpc) is 2.58. The van der Waals surface area contributed by atoms with Gasteiger partial charge in [-0.3, -0.25) is 0 Å². The molecule has 6 nitrogen and oxygen atoms in total. The molecule has 2 aromatic carbocycles. The third kappa shape index (κ3) is 5.17. The fourth-order valence-electron chi connectivity index (χ4n) is 1.81. The van der Waals surface area contributed by atoms with Crippen LogP contribution in [0, 0.1) is 0 Å². The smallest absolute Gasteiger partial charge is 0.335 e. The molecule has 0 aromatic heterocycles. The second kappa shape index (κ2) is 8.38. The number of aromatic carboxylic acids is 2. The van der Waals surface area contributed by atoms with E-state index in [0.29, 0.717) is 24.7 Å². The summed E-state index contributed by atoms with van der Waals surface area (Å²) in [5, 5.41) is 17.6. The minimum atomic E-state index is -0.977. The number of hydrogen-bond acceptors (Lipinski definition) is 4. The molecular formula is C18H16O6. The van der Waals surface area contributed by atoms with Crippen LogP contribution in [0.3, 0.4) is 0 Å². The zero-order chi connectivity index (χ0) is 17.4.